The van der Waals surface area contributed by atoms with E-state index in [0.29, 0.717) is 12.1 Å². The number of hydrazine groups is 1. The first kappa shape index (κ1) is 13.8. The van der Waals surface area contributed by atoms with Crippen molar-refractivity contribution in [3.8, 4) is 0 Å². The van der Waals surface area contributed by atoms with Gasteiger partial charge in [-0.3, -0.25) is 10.6 Å². The van der Waals surface area contributed by atoms with Crippen LogP contribution in [0.4, 0.5) is 5.69 Å². The Bertz CT molecular complexity index is 464. The average molecular weight is 263 g/mol. The third kappa shape index (κ3) is 2.88. The minimum absolute atomic E-state index is 0.0741. The Kier molecular flexibility index (Phi) is 4.07. The van der Waals surface area contributed by atoms with Gasteiger partial charge in [-0.1, -0.05) is 0 Å². The molecular formula is C14H21N3O2. The Balaban J connectivity index is 1.98. The number of hydrogen-bond acceptors (Lipinski definition) is 4. The van der Waals surface area contributed by atoms with E-state index < -0.39 is 0 Å². The minimum Gasteiger partial charge on any atom is -0.376 e. The molecule has 2 rings (SSSR count). The molecule has 1 saturated carbocycles. The van der Waals surface area contributed by atoms with Crippen molar-refractivity contribution in [3.63, 3.8) is 0 Å². The number of nitrogen functional groups attached to an aromatic ring is 1. The highest BCUT2D eigenvalue weighted by atomic mass is 16.5. The van der Waals surface area contributed by atoms with Gasteiger partial charge >= 0.3 is 0 Å². The third-order valence-electron chi connectivity index (χ3n) is 3.91. The first-order valence-electron chi connectivity index (χ1n) is 6.51. The average Bonchev–Trinajstić information content (AvgIpc) is 2.37. The fourth-order valence-electron chi connectivity index (χ4n) is 2.33. The lowest BCUT2D eigenvalue weighted by atomic mass is 9.80. The van der Waals surface area contributed by atoms with Gasteiger partial charge in [0.25, 0.3) is 5.91 Å². The number of anilines is 1. The molecule has 0 atom stereocenters. The first-order chi connectivity index (χ1) is 9.10. The zero-order chi connectivity index (χ0) is 13.9. The maximum atomic E-state index is 12.1. The van der Waals surface area contributed by atoms with Crippen molar-refractivity contribution >= 4 is 11.6 Å². The fraction of sp³-hybridized carbons (Fsp3) is 0.500. The molecule has 19 heavy (non-hydrogen) atoms. The molecule has 1 aromatic carbocycles. The largest absolute Gasteiger partial charge is 0.376 e. The van der Waals surface area contributed by atoms with E-state index in [9.17, 15) is 4.79 Å². The summed E-state index contributed by atoms with van der Waals surface area (Å²) >= 11 is 0. The number of carbonyl (C=O) groups is 1. The van der Waals surface area contributed by atoms with Gasteiger partial charge in [-0.2, -0.15) is 0 Å². The summed E-state index contributed by atoms with van der Waals surface area (Å²) in [5, 5.41) is 2.94. The van der Waals surface area contributed by atoms with Crippen LogP contribution in [0, 0.1) is 6.92 Å². The zero-order valence-corrected chi connectivity index (χ0v) is 11.5. The summed E-state index contributed by atoms with van der Waals surface area (Å²) < 4.78 is 5.48. The quantitative estimate of drug-likeness (QED) is 0.557. The normalized spacial score (nSPS) is 16.6. The molecule has 1 fully saturated rings. The van der Waals surface area contributed by atoms with Gasteiger partial charge in [0.2, 0.25) is 0 Å². The van der Waals surface area contributed by atoms with E-state index in [2.05, 4.69) is 10.7 Å². The summed E-state index contributed by atoms with van der Waals surface area (Å²) in [6.45, 7) is 2.48. The Morgan fingerprint density at radius 1 is 1.47 bits per heavy atom. The summed E-state index contributed by atoms with van der Waals surface area (Å²) in [5.74, 6) is 5.30. The first-order valence-corrected chi connectivity index (χ1v) is 6.51. The Morgan fingerprint density at radius 2 is 2.21 bits per heavy atom. The second-order valence-electron chi connectivity index (χ2n) is 5.10. The van der Waals surface area contributed by atoms with E-state index >= 15 is 0 Å². The predicted molar refractivity (Wildman–Crippen MR) is 74.9 cm³/mol. The van der Waals surface area contributed by atoms with E-state index in [4.69, 9.17) is 10.6 Å². The van der Waals surface area contributed by atoms with E-state index in [0.717, 1.165) is 24.1 Å². The molecule has 1 aliphatic carbocycles. The number of methoxy groups -OCH3 is 1. The van der Waals surface area contributed by atoms with Gasteiger partial charge in [0.05, 0.1) is 11.3 Å². The van der Waals surface area contributed by atoms with Crippen molar-refractivity contribution in [1.82, 2.24) is 5.32 Å². The Morgan fingerprint density at radius 3 is 2.68 bits per heavy atom. The summed E-state index contributed by atoms with van der Waals surface area (Å²) in [7, 11) is 1.71. The predicted octanol–water partition coefficient (Wildman–Crippen LogP) is 1.58. The molecule has 0 radical (unpaired) electrons. The number of nitrogens with one attached hydrogen (secondary N) is 2. The third-order valence-corrected chi connectivity index (χ3v) is 3.91. The molecule has 1 aromatic rings. The topological polar surface area (TPSA) is 76.4 Å². The van der Waals surface area contributed by atoms with Crippen LogP contribution in [-0.4, -0.2) is 25.2 Å². The van der Waals surface area contributed by atoms with Crippen LogP contribution in [0.5, 0.6) is 0 Å². The van der Waals surface area contributed by atoms with Gasteiger partial charge in [-0.15, -0.1) is 0 Å². The molecule has 4 N–H and O–H groups in total. The van der Waals surface area contributed by atoms with Gasteiger partial charge in [-0.05, 0) is 49.9 Å². The van der Waals surface area contributed by atoms with Gasteiger partial charge in [0.15, 0.2) is 0 Å². The monoisotopic (exact) mass is 263 g/mol. The second kappa shape index (κ2) is 5.59. The van der Waals surface area contributed by atoms with E-state index in [1.54, 1.807) is 19.2 Å². The maximum absolute atomic E-state index is 12.1. The Labute approximate surface area is 113 Å². The molecule has 0 saturated heterocycles. The van der Waals surface area contributed by atoms with Crippen LogP contribution in [0.3, 0.4) is 0 Å². The molecular weight excluding hydrogens is 242 g/mol. The Hall–Kier alpha value is -1.59. The maximum Gasteiger partial charge on any atom is 0.251 e. The van der Waals surface area contributed by atoms with Crippen molar-refractivity contribution in [2.45, 2.75) is 31.8 Å². The number of aryl methyl sites for hydroxylation is 1. The van der Waals surface area contributed by atoms with Crippen molar-refractivity contribution in [1.29, 1.82) is 0 Å². The van der Waals surface area contributed by atoms with E-state index in [-0.39, 0.29) is 11.5 Å². The van der Waals surface area contributed by atoms with Crippen molar-refractivity contribution in [2.24, 2.45) is 5.84 Å². The molecule has 0 spiro atoms. The number of carbonyl (C=O) groups excluding carboxylic acids is 1. The van der Waals surface area contributed by atoms with Crippen molar-refractivity contribution < 1.29 is 9.53 Å². The van der Waals surface area contributed by atoms with Gasteiger partial charge in [-0.25, -0.2) is 0 Å². The highest BCUT2D eigenvalue weighted by molar-refractivity contribution is 5.94. The number of ether oxygens (including phenoxy) is 1. The van der Waals surface area contributed by atoms with Crippen LogP contribution in [-0.2, 0) is 4.74 Å². The molecule has 0 heterocycles. The van der Waals surface area contributed by atoms with E-state index in [1.807, 2.05) is 13.0 Å². The van der Waals surface area contributed by atoms with Crippen LogP contribution in [0.2, 0.25) is 0 Å². The van der Waals surface area contributed by atoms with Crippen LogP contribution in [0.1, 0.15) is 35.2 Å². The van der Waals surface area contributed by atoms with Crippen LogP contribution >= 0.6 is 0 Å². The molecule has 1 amide bonds. The van der Waals surface area contributed by atoms with Crippen LogP contribution in [0.25, 0.3) is 0 Å². The molecule has 0 aromatic heterocycles. The second-order valence-corrected chi connectivity index (χ2v) is 5.10. The highest BCUT2D eigenvalue weighted by Crippen LogP contribution is 2.34. The fourth-order valence-corrected chi connectivity index (χ4v) is 2.33. The minimum atomic E-state index is -0.149. The van der Waals surface area contributed by atoms with E-state index in [1.165, 1.54) is 6.42 Å². The number of benzene rings is 1. The van der Waals surface area contributed by atoms with Crippen molar-refractivity contribution in [3.05, 3.63) is 29.3 Å². The molecule has 0 aliphatic heterocycles. The van der Waals surface area contributed by atoms with Crippen LogP contribution < -0.4 is 16.6 Å². The zero-order valence-electron chi connectivity index (χ0n) is 11.5. The smallest absolute Gasteiger partial charge is 0.251 e. The lowest BCUT2D eigenvalue weighted by molar-refractivity contribution is -0.0679. The summed E-state index contributed by atoms with van der Waals surface area (Å²) in [6, 6.07) is 5.39. The lowest BCUT2D eigenvalue weighted by Crippen LogP contribution is -2.49. The van der Waals surface area contributed by atoms with Crippen LogP contribution in [0.15, 0.2) is 18.2 Å². The molecule has 1 aliphatic rings. The highest BCUT2D eigenvalue weighted by Gasteiger charge is 2.37. The number of rotatable bonds is 5. The summed E-state index contributed by atoms with van der Waals surface area (Å²) in [5.41, 5.74) is 4.85. The van der Waals surface area contributed by atoms with Crippen molar-refractivity contribution in [2.75, 3.05) is 19.1 Å². The number of hydrogen-bond donors (Lipinski definition) is 3. The number of nitrogens with two attached hydrogens (primary N) is 1. The number of amides is 1. The molecule has 5 heteroatoms. The summed E-state index contributed by atoms with van der Waals surface area (Å²) in [4.78, 5) is 12.1. The van der Waals surface area contributed by atoms with Gasteiger partial charge in [0, 0.05) is 19.2 Å². The SMILES string of the molecule is COC1(CNC(=O)c2ccc(NN)c(C)c2)CCC1. The summed E-state index contributed by atoms with van der Waals surface area (Å²) in [6.07, 6.45) is 3.19. The van der Waals surface area contributed by atoms with Gasteiger partial charge < -0.3 is 15.5 Å². The molecule has 5 nitrogen and oxygen atoms in total. The molecule has 104 valence electrons. The lowest BCUT2D eigenvalue weighted by Gasteiger charge is -2.40. The standard InChI is InChI=1S/C14H21N3O2/c1-10-8-11(4-5-12(10)17-15)13(18)16-9-14(19-2)6-3-7-14/h4-5,8,17H,3,6-7,9,15H2,1-2H3,(H,16,18). The molecule has 0 unspecified atom stereocenters. The molecule has 0 bridgehead atoms. The van der Waals surface area contributed by atoms with Gasteiger partial charge in [0.1, 0.15) is 0 Å².